The van der Waals surface area contributed by atoms with Crippen LogP contribution in [0.3, 0.4) is 0 Å². The molecule has 0 aliphatic heterocycles. The van der Waals surface area contributed by atoms with E-state index in [-0.39, 0.29) is 0 Å². The molecule has 0 aromatic rings. The van der Waals surface area contributed by atoms with Crippen LogP contribution >= 0.6 is 0 Å². The molecule has 90 valence electrons. The molecule has 0 radical (unpaired) electrons. The first-order valence-corrected chi connectivity index (χ1v) is 6.52. The van der Waals surface area contributed by atoms with Crippen molar-refractivity contribution in [3.05, 3.63) is 0 Å². The van der Waals surface area contributed by atoms with Crippen LogP contribution in [-0.2, 0) is 0 Å². The van der Waals surface area contributed by atoms with E-state index >= 15 is 0 Å². The van der Waals surface area contributed by atoms with Gasteiger partial charge >= 0.3 is 0 Å². The lowest BCUT2D eigenvalue weighted by Gasteiger charge is -2.26. The summed E-state index contributed by atoms with van der Waals surface area (Å²) in [6.07, 6.45) is 5.81. The summed E-state index contributed by atoms with van der Waals surface area (Å²) in [6, 6.07) is 0. The minimum Gasteiger partial charge on any atom is -0.389 e. The molecule has 0 amide bonds. The van der Waals surface area contributed by atoms with Gasteiger partial charge in [-0.25, -0.2) is 0 Å². The first-order chi connectivity index (χ1) is 7.09. The molecule has 1 aliphatic rings. The smallest absolute Gasteiger partial charge is 0.0766 e. The Hall–Kier alpha value is -0.0800. The highest BCUT2D eigenvalue weighted by molar-refractivity contribution is 4.80. The van der Waals surface area contributed by atoms with Crippen molar-refractivity contribution in [1.82, 2.24) is 5.32 Å². The third-order valence-corrected chi connectivity index (χ3v) is 4.01. The summed E-state index contributed by atoms with van der Waals surface area (Å²) >= 11 is 0. The molecular formula is C13H27NO. The summed E-state index contributed by atoms with van der Waals surface area (Å²) in [5, 5.41) is 13.5. The van der Waals surface area contributed by atoms with Crippen LogP contribution in [0.2, 0.25) is 0 Å². The lowest BCUT2D eigenvalue weighted by atomic mass is 9.97. The predicted molar refractivity (Wildman–Crippen MR) is 64.9 cm³/mol. The van der Waals surface area contributed by atoms with Gasteiger partial charge in [0.05, 0.1) is 5.60 Å². The van der Waals surface area contributed by atoms with Gasteiger partial charge in [-0.05, 0) is 44.1 Å². The van der Waals surface area contributed by atoms with Gasteiger partial charge in [0.1, 0.15) is 0 Å². The lowest BCUT2D eigenvalue weighted by molar-refractivity contribution is 0.0318. The van der Waals surface area contributed by atoms with Crippen molar-refractivity contribution in [3.8, 4) is 0 Å². The molecule has 2 unspecified atom stereocenters. The zero-order valence-corrected chi connectivity index (χ0v) is 10.6. The minimum absolute atomic E-state index is 0.482. The Morgan fingerprint density at radius 2 is 1.93 bits per heavy atom. The van der Waals surface area contributed by atoms with E-state index in [9.17, 15) is 5.11 Å². The highest BCUT2D eigenvalue weighted by Gasteiger charge is 2.24. The maximum atomic E-state index is 10.1. The summed E-state index contributed by atoms with van der Waals surface area (Å²) < 4.78 is 0. The Morgan fingerprint density at radius 3 is 2.40 bits per heavy atom. The van der Waals surface area contributed by atoms with E-state index in [1.54, 1.807) is 0 Å². The number of aliphatic hydroxyl groups is 1. The third kappa shape index (κ3) is 4.12. The zero-order chi connectivity index (χ0) is 11.3. The van der Waals surface area contributed by atoms with E-state index in [1.807, 2.05) is 0 Å². The average molecular weight is 213 g/mol. The third-order valence-electron chi connectivity index (χ3n) is 4.01. The number of hydrogen-bond acceptors (Lipinski definition) is 2. The van der Waals surface area contributed by atoms with E-state index < -0.39 is 5.60 Å². The second-order valence-corrected chi connectivity index (χ2v) is 5.35. The second-order valence-electron chi connectivity index (χ2n) is 5.35. The molecule has 0 bridgehead atoms. The minimum atomic E-state index is -0.482. The molecular weight excluding hydrogens is 186 g/mol. The maximum Gasteiger partial charge on any atom is 0.0766 e. The summed E-state index contributed by atoms with van der Waals surface area (Å²) in [5.74, 6) is 1.76. The quantitative estimate of drug-likeness (QED) is 0.711. The molecule has 2 N–H and O–H groups in total. The summed E-state index contributed by atoms with van der Waals surface area (Å²) in [4.78, 5) is 0. The summed E-state index contributed by atoms with van der Waals surface area (Å²) in [5.41, 5.74) is -0.482. The van der Waals surface area contributed by atoms with Crippen LogP contribution in [0.15, 0.2) is 0 Å². The Morgan fingerprint density at radius 1 is 1.27 bits per heavy atom. The van der Waals surface area contributed by atoms with Crippen LogP contribution in [0.1, 0.15) is 52.9 Å². The van der Waals surface area contributed by atoms with E-state index in [0.29, 0.717) is 0 Å². The number of rotatable bonds is 6. The van der Waals surface area contributed by atoms with Gasteiger partial charge in [-0.2, -0.15) is 0 Å². The van der Waals surface area contributed by atoms with Gasteiger partial charge in [-0.15, -0.1) is 0 Å². The molecule has 0 aromatic heterocycles. The molecule has 2 atom stereocenters. The van der Waals surface area contributed by atoms with Gasteiger partial charge in [0.2, 0.25) is 0 Å². The fourth-order valence-electron chi connectivity index (χ4n) is 2.52. The van der Waals surface area contributed by atoms with Gasteiger partial charge < -0.3 is 10.4 Å². The molecule has 1 aliphatic carbocycles. The standard InChI is InChI=1S/C13H27NO/c1-4-13(15,5-2)10-14-9-12-7-6-11(3)8-12/h11-12,14-15H,4-10H2,1-3H3. The average Bonchev–Trinajstić information content (AvgIpc) is 2.64. The fraction of sp³-hybridized carbons (Fsp3) is 1.00. The molecule has 0 saturated heterocycles. The molecule has 0 aromatic carbocycles. The number of nitrogens with one attached hydrogen (secondary N) is 1. The lowest BCUT2D eigenvalue weighted by Crippen LogP contribution is -2.40. The van der Waals surface area contributed by atoms with Crippen molar-refractivity contribution >= 4 is 0 Å². The van der Waals surface area contributed by atoms with Crippen molar-refractivity contribution in [2.45, 2.75) is 58.5 Å². The van der Waals surface area contributed by atoms with Crippen LogP contribution in [-0.4, -0.2) is 23.8 Å². The molecule has 1 rings (SSSR count). The fourth-order valence-corrected chi connectivity index (χ4v) is 2.52. The van der Waals surface area contributed by atoms with E-state index in [2.05, 4.69) is 26.1 Å². The first kappa shape index (κ1) is 13.0. The normalized spacial score (nSPS) is 27.2. The number of hydrogen-bond donors (Lipinski definition) is 2. The Kier molecular flexibility index (Phi) is 5.07. The summed E-state index contributed by atoms with van der Waals surface area (Å²) in [6.45, 7) is 8.30. The zero-order valence-electron chi connectivity index (χ0n) is 10.6. The Balaban J connectivity index is 2.15. The van der Waals surface area contributed by atoms with Gasteiger partial charge in [0.15, 0.2) is 0 Å². The van der Waals surface area contributed by atoms with E-state index in [0.717, 1.165) is 37.8 Å². The monoisotopic (exact) mass is 213 g/mol. The SMILES string of the molecule is CCC(O)(CC)CNCC1CCC(C)C1. The topological polar surface area (TPSA) is 32.3 Å². The van der Waals surface area contributed by atoms with Gasteiger partial charge in [-0.1, -0.05) is 27.2 Å². The maximum absolute atomic E-state index is 10.1. The largest absolute Gasteiger partial charge is 0.389 e. The molecule has 2 heteroatoms. The van der Waals surface area contributed by atoms with Crippen molar-refractivity contribution in [3.63, 3.8) is 0 Å². The highest BCUT2D eigenvalue weighted by atomic mass is 16.3. The van der Waals surface area contributed by atoms with Crippen molar-refractivity contribution in [2.24, 2.45) is 11.8 Å². The van der Waals surface area contributed by atoms with Crippen LogP contribution in [0.25, 0.3) is 0 Å². The highest BCUT2D eigenvalue weighted by Crippen LogP contribution is 2.29. The van der Waals surface area contributed by atoms with Crippen LogP contribution in [0, 0.1) is 11.8 Å². The molecule has 15 heavy (non-hydrogen) atoms. The van der Waals surface area contributed by atoms with Crippen LogP contribution in [0.5, 0.6) is 0 Å². The van der Waals surface area contributed by atoms with E-state index in [1.165, 1.54) is 19.3 Å². The van der Waals surface area contributed by atoms with Crippen molar-refractivity contribution in [1.29, 1.82) is 0 Å². The summed E-state index contributed by atoms with van der Waals surface area (Å²) in [7, 11) is 0. The molecule has 0 spiro atoms. The second kappa shape index (κ2) is 5.86. The van der Waals surface area contributed by atoms with Crippen molar-refractivity contribution < 1.29 is 5.11 Å². The van der Waals surface area contributed by atoms with Crippen LogP contribution < -0.4 is 5.32 Å². The van der Waals surface area contributed by atoms with Gasteiger partial charge in [0.25, 0.3) is 0 Å². The Labute approximate surface area is 94.5 Å². The first-order valence-electron chi connectivity index (χ1n) is 6.52. The predicted octanol–water partition coefficient (Wildman–Crippen LogP) is 2.56. The van der Waals surface area contributed by atoms with E-state index in [4.69, 9.17) is 0 Å². The molecule has 1 saturated carbocycles. The Bertz CT molecular complexity index is 177. The van der Waals surface area contributed by atoms with Gasteiger partial charge in [0, 0.05) is 6.54 Å². The van der Waals surface area contributed by atoms with Crippen molar-refractivity contribution in [2.75, 3.05) is 13.1 Å². The molecule has 2 nitrogen and oxygen atoms in total. The van der Waals surface area contributed by atoms with Gasteiger partial charge in [-0.3, -0.25) is 0 Å². The molecule has 1 fully saturated rings. The van der Waals surface area contributed by atoms with Crippen LogP contribution in [0.4, 0.5) is 0 Å². The molecule has 0 heterocycles.